The molecule has 0 radical (unpaired) electrons. The highest BCUT2D eigenvalue weighted by Gasteiger charge is 2.41. The number of anilines is 1. The number of sulfonamides is 1. The lowest BCUT2D eigenvalue weighted by Gasteiger charge is -2.39. The van der Waals surface area contributed by atoms with Crippen LogP contribution in [0.15, 0.2) is 59.6 Å². The minimum absolute atomic E-state index is 0.0258. The van der Waals surface area contributed by atoms with E-state index >= 15 is 0 Å². The number of carboxylic acids is 1. The zero-order valence-electron chi connectivity index (χ0n) is 25.8. The largest absolute Gasteiger partial charge is 0.573 e. The summed E-state index contributed by atoms with van der Waals surface area (Å²) in [5.74, 6) is -3.35. The molecule has 1 saturated heterocycles. The number of rotatable bonds is 9. The maximum absolute atomic E-state index is 13.7. The lowest BCUT2D eigenvalue weighted by atomic mass is 10.1. The van der Waals surface area contributed by atoms with Crippen LogP contribution in [0.1, 0.15) is 16.1 Å². The van der Waals surface area contributed by atoms with Crippen molar-refractivity contribution in [3.63, 3.8) is 0 Å². The minimum Gasteiger partial charge on any atom is -0.476 e. The molecule has 0 aliphatic carbocycles. The molecule has 14 nitrogen and oxygen atoms in total. The number of ether oxygens (including phenoxy) is 2. The number of benzene rings is 2. The molecular formula is C28H27F6N7O7S2. The van der Waals surface area contributed by atoms with Crippen LogP contribution >= 0.6 is 11.3 Å². The first-order valence-electron chi connectivity index (χ1n) is 14.1. The van der Waals surface area contributed by atoms with Gasteiger partial charge in [0.1, 0.15) is 23.1 Å². The fraction of sp³-hybridized carbons (Fsp3) is 0.321. The van der Waals surface area contributed by atoms with Crippen molar-refractivity contribution in [3.05, 3.63) is 66.0 Å². The molecule has 4 aromatic rings. The second kappa shape index (κ2) is 15.4. The molecule has 1 fully saturated rings. The van der Waals surface area contributed by atoms with Crippen LogP contribution in [0.4, 0.5) is 31.5 Å². The molecule has 2 aromatic heterocycles. The Morgan fingerprint density at radius 3 is 2.06 bits per heavy atom. The van der Waals surface area contributed by atoms with Gasteiger partial charge in [-0.3, -0.25) is 4.79 Å². The molecule has 1 aliphatic rings. The lowest BCUT2D eigenvalue weighted by Crippen LogP contribution is -2.60. The average molecular weight is 752 g/mol. The fourth-order valence-corrected chi connectivity index (χ4v) is 7.09. The number of hydrogen-bond donors (Lipinski definition) is 3. The van der Waals surface area contributed by atoms with E-state index in [2.05, 4.69) is 35.3 Å². The van der Waals surface area contributed by atoms with Crippen molar-refractivity contribution in [2.75, 3.05) is 38.6 Å². The van der Waals surface area contributed by atoms with E-state index in [0.29, 0.717) is 10.3 Å². The van der Waals surface area contributed by atoms with Gasteiger partial charge in [-0.15, -0.1) is 31.4 Å². The fourth-order valence-electron chi connectivity index (χ4n) is 4.55. The van der Waals surface area contributed by atoms with Crippen LogP contribution in [0.3, 0.4) is 0 Å². The summed E-state index contributed by atoms with van der Waals surface area (Å²) in [6.07, 6.45) is -8.62. The summed E-state index contributed by atoms with van der Waals surface area (Å²) in [6.45, 7) is -0.841. The van der Waals surface area contributed by atoms with Gasteiger partial charge in [0.2, 0.25) is 15.9 Å². The Bertz CT molecular complexity index is 1910. The van der Waals surface area contributed by atoms with Gasteiger partial charge in [0.25, 0.3) is 0 Å². The Hall–Kier alpha value is -4.80. The van der Waals surface area contributed by atoms with Crippen molar-refractivity contribution in [2.24, 2.45) is 0 Å². The van der Waals surface area contributed by atoms with Gasteiger partial charge < -0.3 is 30.1 Å². The average Bonchev–Trinajstić information content (AvgIpc) is 3.48. The van der Waals surface area contributed by atoms with E-state index in [1.165, 1.54) is 18.3 Å². The van der Waals surface area contributed by atoms with Crippen LogP contribution in [0.5, 0.6) is 11.5 Å². The number of thiazole rings is 1. The maximum Gasteiger partial charge on any atom is 0.573 e. The number of aromatic carboxylic acids is 1. The highest BCUT2D eigenvalue weighted by atomic mass is 32.2. The molecule has 5 rings (SSSR count). The van der Waals surface area contributed by atoms with E-state index in [-0.39, 0.29) is 36.8 Å². The number of alkyl halides is 6. The normalized spacial score (nSPS) is 15.6. The summed E-state index contributed by atoms with van der Waals surface area (Å²) in [5.41, 5.74) is -0.0321. The molecule has 3 heterocycles. The second-order valence-corrected chi connectivity index (χ2v) is 13.1. The van der Waals surface area contributed by atoms with Gasteiger partial charge in [-0.1, -0.05) is 23.5 Å². The number of nitrogens with zero attached hydrogens (tertiary/aromatic N) is 5. The van der Waals surface area contributed by atoms with E-state index in [9.17, 15) is 49.5 Å². The summed E-state index contributed by atoms with van der Waals surface area (Å²) in [7, 11) is -0.750. The molecule has 0 unspecified atom stereocenters. The number of piperazine rings is 1. The number of aromatic nitrogens is 3. The zero-order valence-corrected chi connectivity index (χ0v) is 27.5. The van der Waals surface area contributed by atoms with Gasteiger partial charge in [0, 0.05) is 26.2 Å². The molecule has 270 valence electrons. The van der Waals surface area contributed by atoms with Gasteiger partial charge in [0.05, 0.1) is 15.8 Å². The number of amides is 1. The third kappa shape index (κ3) is 9.67. The van der Waals surface area contributed by atoms with Crippen molar-refractivity contribution in [2.45, 2.75) is 30.2 Å². The molecule has 0 saturated carbocycles. The van der Waals surface area contributed by atoms with Crippen molar-refractivity contribution < 1.29 is 58.9 Å². The van der Waals surface area contributed by atoms with Gasteiger partial charge in [-0.2, -0.15) is 9.40 Å². The van der Waals surface area contributed by atoms with Crippen molar-refractivity contribution >= 4 is 48.6 Å². The molecule has 1 aliphatic heterocycles. The number of nitrogens with one attached hydrogen (secondary N) is 2. The number of carbonyl (C=O) groups excluding carboxylic acids is 1. The number of carbonyl (C=O) groups is 2. The Balaban J connectivity index is 0.00000181. The standard InChI is InChI=1S/C26H20F6N6O7S2.C2H7N/c27-25(28,29)44-15-3-1-14(2-4-15)11-33-22(39)18-13-37(24-35-20-19(46-24)12-34-36-21(20)23(40)41)9-10-38(18)47(42,43)17-7-5-16(6-8-17)45-26(30,31)32;1-3-2/h1-8,12,18H,9-11,13H2,(H,33,39)(H,40,41);3H,1-2H3/t18-;/m1./s1. The first-order chi connectivity index (χ1) is 23.4. The van der Waals surface area contributed by atoms with Crippen molar-refractivity contribution in [1.82, 2.24) is 30.1 Å². The minimum atomic E-state index is -5.01. The molecule has 1 atom stereocenters. The SMILES string of the molecule is CNC.O=C(O)c1nncc2sc(N3CCN(S(=O)(=O)c4ccc(OC(F)(F)F)cc4)[C@@H](C(=O)NCc4ccc(OC(F)(F)F)cc4)C3)nc12. The third-order valence-electron chi connectivity index (χ3n) is 6.59. The highest BCUT2D eigenvalue weighted by molar-refractivity contribution is 7.89. The summed E-state index contributed by atoms with van der Waals surface area (Å²) in [5, 5.41) is 22.2. The Kier molecular flexibility index (Phi) is 11.7. The first-order valence-corrected chi connectivity index (χ1v) is 16.4. The highest BCUT2D eigenvalue weighted by Crippen LogP contribution is 2.33. The third-order valence-corrected chi connectivity index (χ3v) is 9.57. The maximum atomic E-state index is 13.7. The number of carboxylic acid groups (broad SMARTS) is 1. The number of fused-ring (bicyclic) bond motifs is 1. The van der Waals surface area contributed by atoms with E-state index in [1.807, 2.05) is 14.1 Å². The quantitative estimate of drug-likeness (QED) is 0.212. The lowest BCUT2D eigenvalue weighted by molar-refractivity contribution is -0.275. The first kappa shape index (κ1) is 38.0. The van der Waals surface area contributed by atoms with Crippen LogP contribution in [0.2, 0.25) is 0 Å². The smallest absolute Gasteiger partial charge is 0.476 e. The molecule has 1 amide bonds. The van der Waals surface area contributed by atoms with Gasteiger partial charge in [0.15, 0.2) is 10.8 Å². The Labute approximate surface area is 283 Å². The topological polar surface area (TPSA) is 176 Å². The molecule has 3 N–H and O–H groups in total. The van der Waals surface area contributed by atoms with Crippen LogP contribution in [0, 0.1) is 0 Å². The Morgan fingerprint density at radius 1 is 0.960 bits per heavy atom. The summed E-state index contributed by atoms with van der Waals surface area (Å²) in [6, 6.07) is 6.53. The molecule has 0 spiro atoms. The van der Waals surface area contributed by atoms with E-state index < -0.39 is 62.8 Å². The van der Waals surface area contributed by atoms with Crippen molar-refractivity contribution in [3.8, 4) is 11.5 Å². The van der Waals surface area contributed by atoms with E-state index in [1.54, 1.807) is 4.90 Å². The molecular weight excluding hydrogens is 724 g/mol. The predicted molar refractivity (Wildman–Crippen MR) is 165 cm³/mol. The monoisotopic (exact) mass is 751 g/mol. The van der Waals surface area contributed by atoms with E-state index in [0.717, 1.165) is 52.0 Å². The summed E-state index contributed by atoms with van der Waals surface area (Å²) < 4.78 is 112. The molecule has 50 heavy (non-hydrogen) atoms. The predicted octanol–water partition coefficient (Wildman–Crippen LogP) is 3.61. The second-order valence-electron chi connectivity index (χ2n) is 10.2. The number of halogens is 6. The molecule has 0 bridgehead atoms. The Morgan fingerprint density at radius 2 is 1.52 bits per heavy atom. The zero-order chi connectivity index (χ0) is 36.9. The molecule has 22 heteroatoms. The van der Waals surface area contributed by atoms with Crippen LogP contribution in [-0.2, 0) is 21.4 Å². The van der Waals surface area contributed by atoms with Crippen molar-refractivity contribution in [1.29, 1.82) is 0 Å². The van der Waals surface area contributed by atoms with Gasteiger partial charge >= 0.3 is 18.7 Å². The van der Waals surface area contributed by atoms with Crippen LogP contribution < -0.4 is 25.0 Å². The van der Waals surface area contributed by atoms with Crippen LogP contribution in [0.25, 0.3) is 10.2 Å². The van der Waals surface area contributed by atoms with Crippen LogP contribution in [-0.4, -0.2) is 97.4 Å². The number of hydrogen-bond acceptors (Lipinski definition) is 12. The summed E-state index contributed by atoms with van der Waals surface area (Å²) in [4.78, 5) is 30.6. The molecule has 2 aromatic carbocycles. The summed E-state index contributed by atoms with van der Waals surface area (Å²) >= 11 is 1.03. The van der Waals surface area contributed by atoms with E-state index in [4.69, 9.17) is 0 Å². The van der Waals surface area contributed by atoms with Gasteiger partial charge in [-0.05, 0) is 56.1 Å². The van der Waals surface area contributed by atoms with Gasteiger partial charge in [-0.25, -0.2) is 18.2 Å².